The summed E-state index contributed by atoms with van der Waals surface area (Å²) in [5.41, 5.74) is 0. The Morgan fingerprint density at radius 3 is 0.348 bits per heavy atom. The molecule has 0 spiro atoms. The molecule has 4 aliphatic carbocycles. The summed E-state index contributed by atoms with van der Waals surface area (Å²) in [6.45, 7) is 16.2. The van der Waals surface area contributed by atoms with Crippen molar-refractivity contribution < 1.29 is 0 Å². The Bertz CT molecular complexity index is 77.7. The molecule has 4 saturated carbocycles. The van der Waals surface area contributed by atoms with Gasteiger partial charge in [-0.25, -0.2) is 0 Å². The largest absolute Gasteiger partial charge is 0.0683 e. The van der Waals surface area contributed by atoms with E-state index in [1.165, 1.54) is 96.3 Å². The molecule has 4 rings (SSSR count). The van der Waals surface area contributed by atoms with Crippen molar-refractivity contribution in [3.8, 4) is 0 Å². The third-order valence-corrected chi connectivity index (χ3v) is 2.71. The second-order valence-electron chi connectivity index (χ2n) is 5.66. The van der Waals surface area contributed by atoms with Crippen molar-refractivity contribution in [2.45, 2.75) is 152 Å². The van der Waals surface area contributed by atoms with Crippen LogP contribution in [0.5, 0.6) is 0 Å². The van der Waals surface area contributed by atoms with Crippen LogP contribution >= 0.6 is 0 Å². The van der Waals surface area contributed by atoms with E-state index in [2.05, 4.69) is 13.8 Å². The fourth-order valence-electron chi connectivity index (χ4n) is 0.500. The predicted octanol–water partition coefficient (Wildman–Crippen LogP) is 9.96. The maximum absolute atomic E-state index is 2.12. The maximum atomic E-state index is 2.12. The van der Waals surface area contributed by atoms with Gasteiger partial charge in [0.2, 0.25) is 0 Å². The van der Waals surface area contributed by atoms with Crippen LogP contribution in [0.2, 0.25) is 0 Å². The van der Waals surface area contributed by atoms with Gasteiger partial charge < -0.3 is 0 Å². The van der Waals surface area contributed by atoms with Crippen molar-refractivity contribution in [2.75, 3.05) is 0 Å². The molecule has 0 aromatic heterocycles. The lowest BCUT2D eigenvalue weighted by atomic mass is 10.0. The second-order valence-corrected chi connectivity index (χ2v) is 5.66. The zero-order valence-electron chi connectivity index (χ0n) is 18.6. The average Bonchev–Trinajstić information content (AvgIpc) is 3.37. The van der Waals surface area contributed by atoms with E-state index < -0.39 is 0 Å². The zero-order valence-corrected chi connectivity index (χ0v) is 18.6. The minimum Gasteiger partial charge on any atom is -0.0683 e. The van der Waals surface area contributed by atoms with Crippen LogP contribution < -0.4 is 0 Å². The number of rotatable bonds is 0. The first-order chi connectivity index (χ1) is 11.4. The average molecular weight is 331 g/mol. The number of hydrogen-bond acceptors (Lipinski definition) is 0. The van der Waals surface area contributed by atoms with Gasteiger partial charge in [-0.3, -0.25) is 0 Å². The predicted molar refractivity (Wildman–Crippen MR) is 115 cm³/mol. The van der Waals surface area contributed by atoms with Crippen LogP contribution in [0.1, 0.15) is 152 Å². The first-order valence-electron chi connectivity index (χ1n) is 11.4. The lowest BCUT2D eigenvalue weighted by Gasteiger charge is -2.05. The molecule has 0 unspecified atom stereocenters. The summed E-state index contributed by atoms with van der Waals surface area (Å²) in [4.78, 5) is 0. The SMILES string of the molecule is C1CC1.C1CC1.C1CCC1.C1CCC1.CC.CC.CC.CCC. The zero-order chi connectivity index (χ0) is 18.6. The van der Waals surface area contributed by atoms with Crippen molar-refractivity contribution in [1.82, 2.24) is 0 Å². The topological polar surface area (TPSA) is 0 Å². The van der Waals surface area contributed by atoms with Crippen molar-refractivity contribution in [1.29, 1.82) is 0 Å². The third kappa shape index (κ3) is 88.0. The molecule has 0 N–H and O–H groups in total. The molecule has 0 heterocycles. The van der Waals surface area contributed by atoms with E-state index in [1.54, 1.807) is 0 Å². The molecule has 0 aromatic carbocycles. The fraction of sp³-hybridized carbons (Fsp3) is 1.00. The molecule has 0 aromatic rings. The van der Waals surface area contributed by atoms with Crippen LogP contribution in [0.3, 0.4) is 0 Å². The highest BCUT2D eigenvalue weighted by Gasteiger charge is 1.96. The Morgan fingerprint density at radius 1 is 0.304 bits per heavy atom. The maximum Gasteiger partial charge on any atom is -0.0533 e. The highest BCUT2D eigenvalue weighted by molar-refractivity contribution is 4.51. The van der Waals surface area contributed by atoms with Gasteiger partial charge in [-0.15, -0.1) is 0 Å². The molecular formula is C23H54. The third-order valence-electron chi connectivity index (χ3n) is 2.71. The van der Waals surface area contributed by atoms with Gasteiger partial charge in [0, 0.05) is 0 Å². The molecule has 4 fully saturated rings. The van der Waals surface area contributed by atoms with Gasteiger partial charge in [0.15, 0.2) is 0 Å². The van der Waals surface area contributed by atoms with Crippen LogP contribution in [-0.4, -0.2) is 0 Å². The van der Waals surface area contributed by atoms with Crippen LogP contribution in [0.15, 0.2) is 0 Å². The molecule has 4 aliphatic rings. The molecule has 0 saturated heterocycles. The Kier molecular flexibility index (Phi) is 57.8. The van der Waals surface area contributed by atoms with E-state index in [1.807, 2.05) is 41.5 Å². The molecule has 23 heavy (non-hydrogen) atoms. The van der Waals surface area contributed by atoms with Crippen molar-refractivity contribution in [3.63, 3.8) is 0 Å². The molecule has 0 nitrogen and oxygen atoms in total. The van der Waals surface area contributed by atoms with Crippen molar-refractivity contribution in [3.05, 3.63) is 0 Å². The normalized spacial score (nSPS) is 16.2. The number of hydrogen-bond donors (Lipinski definition) is 0. The summed E-state index contributed by atoms with van der Waals surface area (Å²) in [5, 5.41) is 0. The minimum absolute atomic E-state index is 1.25. The Balaban J connectivity index is -0.0000000916. The van der Waals surface area contributed by atoms with E-state index in [-0.39, 0.29) is 0 Å². The highest BCUT2D eigenvalue weighted by atomic mass is 14.0. The molecule has 146 valence electrons. The minimum atomic E-state index is 1.25. The Morgan fingerprint density at radius 2 is 0.348 bits per heavy atom. The van der Waals surface area contributed by atoms with Crippen LogP contribution in [0.25, 0.3) is 0 Å². The van der Waals surface area contributed by atoms with Gasteiger partial charge in [0.1, 0.15) is 0 Å². The van der Waals surface area contributed by atoms with E-state index >= 15 is 0 Å². The summed E-state index contributed by atoms with van der Waals surface area (Å²) in [5.74, 6) is 0. The lowest BCUT2D eigenvalue weighted by molar-refractivity contribution is 0.504. The van der Waals surface area contributed by atoms with Gasteiger partial charge in [0.05, 0.1) is 0 Å². The van der Waals surface area contributed by atoms with Gasteiger partial charge in [-0.05, 0) is 0 Å². The van der Waals surface area contributed by atoms with Crippen molar-refractivity contribution in [2.24, 2.45) is 0 Å². The monoisotopic (exact) mass is 330 g/mol. The molecule has 0 amide bonds. The van der Waals surface area contributed by atoms with Crippen LogP contribution in [0.4, 0.5) is 0 Å². The molecule has 0 aliphatic heterocycles. The van der Waals surface area contributed by atoms with Gasteiger partial charge in [-0.1, -0.05) is 152 Å². The van der Waals surface area contributed by atoms with Gasteiger partial charge in [-0.2, -0.15) is 0 Å². The lowest BCUT2D eigenvalue weighted by Crippen LogP contribution is -1.85. The summed E-state index contributed by atoms with van der Waals surface area (Å²) in [6.07, 6.45) is 22.2. The fourth-order valence-corrected chi connectivity index (χ4v) is 0.500. The highest BCUT2D eigenvalue weighted by Crippen LogP contribution is 2.16. The first-order valence-corrected chi connectivity index (χ1v) is 11.4. The molecular weight excluding hydrogens is 276 g/mol. The quantitative estimate of drug-likeness (QED) is 0.414. The van der Waals surface area contributed by atoms with E-state index in [9.17, 15) is 0 Å². The van der Waals surface area contributed by atoms with Gasteiger partial charge in [0.25, 0.3) is 0 Å². The molecule has 0 radical (unpaired) electrons. The molecule has 0 atom stereocenters. The first kappa shape index (κ1) is 30.8. The summed E-state index contributed by atoms with van der Waals surface area (Å²) >= 11 is 0. The Labute approximate surface area is 152 Å². The second kappa shape index (κ2) is 43.1. The standard InChI is InChI=1S/2C4H8.2C3H6.C3H8.3C2H6/c2*1-2-4-3-1;2*1-2-3-1;1-3-2;3*1-2/h2*1-4H2;2*1-3H2;3H2,1-2H3;3*1-2H3. The molecule has 0 bridgehead atoms. The van der Waals surface area contributed by atoms with E-state index in [0.29, 0.717) is 0 Å². The smallest absolute Gasteiger partial charge is 0.0533 e. The summed E-state index contributed by atoms with van der Waals surface area (Å²) in [6, 6.07) is 0. The Hall–Kier alpha value is 0. The van der Waals surface area contributed by atoms with E-state index in [0.717, 1.165) is 0 Å². The molecule has 0 heteroatoms. The van der Waals surface area contributed by atoms with Gasteiger partial charge >= 0.3 is 0 Å². The van der Waals surface area contributed by atoms with Crippen molar-refractivity contribution >= 4 is 0 Å². The summed E-state index contributed by atoms with van der Waals surface area (Å²) in [7, 11) is 0. The summed E-state index contributed by atoms with van der Waals surface area (Å²) < 4.78 is 0. The van der Waals surface area contributed by atoms with Crippen LogP contribution in [0, 0.1) is 0 Å². The van der Waals surface area contributed by atoms with E-state index in [4.69, 9.17) is 0 Å². The van der Waals surface area contributed by atoms with Crippen LogP contribution in [-0.2, 0) is 0 Å².